The van der Waals surface area contributed by atoms with Crippen molar-refractivity contribution in [3.05, 3.63) is 51.8 Å². The van der Waals surface area contributed by atoms with Crippen molar-refractivity contribution in [1.82, 2.24) is 14.9 Å². The quantitative estimate of drug-likeness (QED) is 0.525. The van der Waals surface area contributed by atoms with Crippen LogP contribution in [0.3, 0.4) is 0 Å². The number of hydrogen-bond acceptors (Lipinski definition) is 6. The molecule has 0 saturated carbocycles. The molecule has 0 radical (unpaired) electrons. The number of aromatic amines is 1. The number of halogens is 1. The van der Waals surface area contributed by atoms with Gasteiger partial charge in [0.2, 0.25) is 4.77 Å². The Balaban J connectivity index is 1.89. The maximum atomic E-state index is 6.36. The molecule has 2 aromatic carbocycles. The topological polar surface area (TPSA) is 73.3 Å². The Morgan fingerprint density at radius 2 is 1.93 bits per heavy atom. The molecule has 0 spiro atoms. The molecule has 0 amide bonds. The van der Waals surface area contributed by atoms with Gasteiger partial charge < -0.3 is 19.6 Å². The van der Waals surface area contributed by atoms with Crippen LogP contribution in [0.1, 0.15) is 12.5 Å². The normalized spacial score (nSPS) is 10.6. The summed E-state index contributed by atoms with van der Waals surface area (Å²) in [5, 5.41) is 7.62. The average Bonchev–Trinajstić information content (AvgIpc) is 3.08. The van der Waals surface area contributed by atoms with Crippen LogP contribution < -0.4 is 19.6 Å². The van der Waals surface area contributed by atoms with E-state index in [0.717, 1.165) is 11.1 Å². The van der Waals surface area contributed by atoms with E-state index >= 15 is 0 Å². The number of nitrogens with one attached hydrogen (secondary N) is 2. The smallest absolute Gasteiger partial charge is 0.214 e. The van der Waals surface area contributed by atoms with E-state index < -0.39 is 0 Å². The van der Waals surface area contributed by atoms with Gasteiger partial charge in [-0.25, -0.2) is 9.77 Å². The molecule has 3 rings (SSSR count). The summed E-state index contributed by atoms with van der Waals surface area (Å²) in [4.78, 5) is 0. The molecule has 148 valence electrons. The molecule has 1 aromatic heterocycles. The van der Waals surface area contributed by atoms with Crippen LogP contribution in [-0.2, 0) is 6.54 Å². The van der Waals surface area contributed by atoms with Crippen molar-refractivity contribution in [2.45, 2.75) is 13.5 Å². The molecule has 2 N–H and O–H groups in total. The van der Waals surface area contributed by atoms with Crippen molar-refractivity contribution in [1.29, 1.82) is 0 Å². The van der Waals surface area contributed by atoms with Gasteiger partial charge >= 0.3 is 0 Å². The summed E-state index contributed by atoms with van der Waals surface area (Å²) in [6.45, 7) is 2.84. The lowest BCUT2D eigenvalue weighted by atomic mass is 10.2. The van der Waals surface area contributed by atoms with Crippen molar-refractivity contribution < 1.29 is 14.2 Å². The minimum absolute atomic E-state index is 0.435. The summed E-state index contributed by atoms with van der Waals surface area (Å²) in [7, 11) is 3.20. The third-order valence-electron chi connectivity index (χ3n) is 4.04. The highest BCUT2D eigenvalue weighted by Gasteiger charge is 2.15. The van der Waals surface area contributed by atoms with Gasteiger partial charge in [-0.15, -0.1) is 0 Å². The van der Waals surface area contributed by atoms with E-state index in [1.165, 1.54) is 0 Å². The van der Waals surface area contributed by atoms with Gasteiger partial charge in [0.15, 0.2) is 17.3 Å². The van der Waals surface area contributed by atoms with Crippen molar-refractivity contribution in [3.8, 4) is 28.6 Å². The first-order chi connectivity index (χ1) is 13.6. The second kappa shape index (κ2) is 8.99. The number of para-hydroxylation sites is 1. The number of aromatic nitrogens is 3. The second-order valence-electron chi connectivity index (χ2n) is 5.76. The van der Waals surface area contributed by atoms with Crippen LogP contribution in [0.2, 0.25) is 5.02 Å². The molecule has 0 aliphatic carbocycles. The van der Waals surface area contributed by atoms with Crippen LogP contribution in [0.25, 0.3) is 11.4 Å². The number of benzene rings is 2. The number of ether oxygens (including phenoxy) is 3. The molecule has 0 saturated heterocycles. The first-order valence-electron chi connectivity index (χ1n) is 8.62. The monoisotopic (exact) mass is 420 g/mol. The largest absolute Gasteiger partial charge is 0.496 e. The van der Waals surface area contributed by atoms with Crippen molar-refractivity contribution >= 4 is 23.8 Å². The number of nitrogens with zero attached hydrogens (tertiary/aromatic N) is 2. The molecule has 0 unspecified atom stereocenters. The fourth-order valence-corrected chi connectivity index (χ4v) is 3.27. The number of rotatable bonds is 8. The molecule has 1 heterocycles. The Bertz CT molecular complexity index is 1020. The molecule has 0 fully saturated rings. The van der Waals surface area contributed by atoms with Crippen LogP contribution >= 0.6 is 23.8 Å². The molecular formula is C19H21ClN4O3S. The molecule has 7 nitrogen and oxygen atoms in total. The molecule has 28 heavy (non-hydrogen) atoms. The molecule has 0 atom stereocenters. The van der Waals surface area contributed by atoms with Crippen LogP contribution in [0, 0.1) is 4.77 Å². The second-order valence-corrected chi connectivity index (χ2v) is 6.56. The van der Waals surface area contributed by atoms with Gasteiger partial charge in [-0.05, 0) is 49.0 Å². The summed E-state index contributed by atoms with van der Waals surface area (Å²) in [6, 6.07) is 11.3. The SMILES string of the molecule is CCOc1c(Cl)cc(CNn2c(-c3ccccc3OC)n[nH]c2=S)cc1OC. The highest BCUT2D eigenvalue weighted by molar-refractivity contribution is 7.71. The van der Waals surface area contributed by atoms with E-state index in [1.54, 1.807) is 18.9 Å². The predicted octanol–water partition coefficient (Wildman–Crippen LogP) is 4.42. The summed E-state index contributed by atoms with van der Waals surface area (Å²) in [5.41, 5.74) is 4.98. The van der Waals surface area contributed by atoms with Gasteiger partial charge in [0.25, 0.3) is 0 Å². The van der Waals surface area contributed by atoms with Crippen LogP contribution in [0.15, 0.2) is 36.4 Å². The zero-order valence-electron chi connectivity index (χ0n) is 15.8. The van der Waals surface area contributed by atoms with E-state index in [0.29, 0.717) is 46.0 Å². The number of H-pyrrole nitrogens is 1. The number of hydrogen-bond donors (Lipinski definition) is 2. The zero-order valence-corrected chi connectivity index (χ0v) is 17.4. The standard InChI is InChI=1S/C19H21ClN4O3S/c1-4-27-17-14(20)9-12(10-16(17)26-3)11-21-24-18(22-23-19(24)28)13-7-5-6-8-15(13)25-2/h5-10,21H,4,11H2,1-3H3,(H,23,28). The molecule has 0 bridgehead atoms. The third kappa shape index (κ3) is 4.07. The van der Waals surface area contributed by atoms with E-state index in [-0.39, 0.29) is 0 Å². The summed E-state index contributed by atoms with van der Waals surface area (Å²) in [5.74, 6) is 2.42. The van der Waals surface area contributed by atoms with Crippen LogP contribution in [-0.4, -0.2) is 35.7 Å². The Hall–Kier alpha value is -2.71. The average molecular weight is 421 g/mol. The Labute approximate surface area is 173 Å². The molecule has 3 aromatic rings. The van der Waals surface area contributed by atoms with Gasteiger partial charge in [0.1, 0.15) is 5.75 Å². The minimum atomic E-state index is 0.435. The summed E-state index contributed by atoms with van der Waals surface area (Å²) < 4.78 is 18.5. The highest BCUT2D eigenvalue weighted by Crippen LogP contribution is 2.36. The lowest BCUT2D eigenvalue weighted by molar-refractivity contribution is 0.311. The highest BCUT2D eigenvalue weighted by atomic mass is 35.5. The minimum Gasteiger partial charge on any atom is -0.496 e. The third-order valence-corrected chi connectivity index (χ3v) is 4.59. The van der Waals surface area contributed by atoms with Crippen molar-refractivity contribution in [2.24, 2.45) is 0 Å². The van der Waals surface area contributed by atoms with Crippen molar-refractivity contribution in [3.63, 3.8) is 0 Å². The van der Waals surface area contributed by atoms with Gasteiger partial charge in [-0.3, -0.25) is 0 Å². The molecule has 0 aliphatic heterocycles. The predicted molar refractivity (Wildman–Crippen MR) is 112 cm³/mol. The van der Waals surface area contributed by atoms with Gasteiger partial charge in [-0.2, -0.15) is 5.10 Å². The van der Waals surface area contributed by atoms with Gasteiger partial charge in [0.05, 0.1) is 38.0 Å². The molecule has 0 aliphatic rings. The Morgan fingerprint density at radius 1 is 1.18 bits per heavy atom. The Morgan fingerprint density at radius 3 is 2.64 bits per heavy atom. The van der Waals surface area contributed by atoms with E-state index in [1.807, 2.05) is 43.3 Å². The zero-order chi connectivity index (χ0) is 20.1. The van der Waals surface area contributed by atoms with Gasteiger partial charge in [-0.1, -0.05) is 23.7 Å². The van der Waals surface area contributed by atoms with Crippen LogP contribution in [0.4, 0.5) is 0 Å². The van der Waals surface area contributed by atoms with E-state index in [2.05, 4.69) is 15.6 Å². The maximum absolute atomic E-state index is 6.36. The number of methoxy groups -OCH3 is 2. The lowest BCUT2D eigenvalue weighted by Gasteiger charge is -2.15. The van der Waals surface area contributed by atoms with Crippen molar-refractivity contribution in [2.75, 3.05) is 26.3 Å². The Kier molecular flexibility index (Phi) is 6.43. The summed E-state index contributed by atoms with van der Waals surface area (Å²) >= 11 is 11.7. The van der Waals surface area contributed by atoms with Crippen LogP contribution in [0.5, 0.6) is 17.2 Å². The van der Waals surface area contributed by atoms with E-state index in [4.69, 9.17) is 38.0 Å². The molecule has 9 heteroatoms. The first-order valence-corrected chi connectivity index (χ1v) is 9.41. The van der Waals surface area contributed by atoms with Gasteiger partial charge in [0, 0.05) is 0 Å². The summed E-state index contributed by atoms with van der Waals surface area (Å²) in [6.07, 6.45) is 0. The fraction of sp³-hybridized carbons (Fsp3) is 0.263. The first kappa shape index (κ1) is 20.0. The van der Waals surface area contributed by atoms with E-state index in [9.17, 15) is 0 Å². The fourth-order valence-electron chi connectivity index (χ4n) is 2.78. The lowest BCUT2D eigenvalue weighted by Crippen LogP contribution is -2.16. The molecular weight excluding hydrogens is 400 g/mol. The maximum Gasteiger partial charge on any atom is 0.214 e.